The minimum atomic E-state index is -1.08. The van der Waals surface area contributed by atoms with Gasteiger partial charge in [-0.2, -0.15) is 0 Å². The minimum absolute atomic E-state index is 0.0546. The Kier molecular flexibility index (Phi) is 8.89. The summed E-state index contributed by atoms with van der Waals surface area (Å²) in [4.78, 5) is 52.2. The first-order valence-corrected chi connectivity index (χ1v) is 11.3. The number of methoxy groups -OCH3 is 1. The van der Waals surface area contributed by atoms with Gasteiger partial charge in [0.05, 0.1) is 7.11 Å². The molecule has 2 atom stereocenters. The van der Waals surface area contributed by atoms with Gasteiger partial charge in [-0.3, -0.25) is 14.4 Å². The summed E-state index contributed by atoms with van der Waals surface area (Å²) in [5.41, 5.74) is 0.270. The lowest BCUT2D eigenvalue weighted by Gasteiger charge is -2.43. The maximum absolute atomic E-state index is 13.6. The number of aryl methyl sites for hydroxylation is 1. The van der Waals surface area contributed by atoms with E-state index in [1.54, 1.807) is 39.8 Å². The van der Waals surface area contributed by atoms with Crippen molar-refractivity contribution in [1.29, 1.82) is 0 Å². The molecule has 0 radical (unpaired) electrons. The molecule has 1 saturated carbocycles. The van der Waals surface area contributed by atoms with E-state index in [1.165, 1.54) is 25.0 Å². The number of rotatable bonds is 8. The van der Waals surface area contributed by atoms with E-state index >= 15 is 0 Å². The molecule has 10 nitrogen and oxygen atoms in total. The van der Waals surface area contributed by atoms with Crippen LogP contribution in [0.5, 0.6) is 5.75 Å². The third-order valence-corrected chi connectivity index (χ3v) is 5.52. The largest absolute Gasteiger partial charge is 0.508 e. The van der Waals surface area contributed by atoms with Gasteiger partial charge in [-0.15, -0.1) is 0 Å². The molecule has 3 amide bonds. The number of nitrogens with zero attached hydrogens (tertiary/aromatic N) is 1. The summed E-state index contributed by atoms with van der Waals surface area (Å²) < 4.78 is 9.86. The van der Waals surface area contributed by atoms with E-state index in [-0.39, 0.29) is 18.3 Å². The second-order valence-corrected chi connectivity index (χ2v) is 9.44. The van der Waals surface area contributed by atoms with Crippen LogP contribution in [0.3, 0.4) is 0 Å². The van der Waals surface area contributed by atoms with E-state index < -0.39 is 41.6 Å². The van der Waals surface area contributed by atoms with E-state index in [2.05, 4.69) is 15.4 Å². The molecular weight excluding hydrogens is 442 g/mol. The van der Waals surface area contributed by atoms with Crippen LogP contribution in [-0.2, 0) is 23.9 Å². The zero-order chi connectivity index (χ0) is 25.6. The number of phenolic OH excluding ortho intramolecular Hbond substituents is 1. The van der Waals surface area contributed by atoms with Crippen molar-refractivity contribution in [2.24, 2.45) is 0 Å². The maximum Gasteiger partial charge on any atom is 0.408 e. The van der Waals surface area contributed by atoms with Crippen molar-refractivity contribution in [3.8, 4) is 5.75 Å². The molecular formula is C24H35N3O7. The van der Waals surface area contributed by atoms with Crippen LogP contribution in [0.2, 0.25) is 0 Å². The lowest BCUT2D eigenvalue weighted by molar-refractivity contribution is -0.148. The van der Waals surface area contributed by atoms with Gasteiger partial charge in [0, 0.05) is 6.04 Å². The Hall–Kier alpha value is -3.30. The monoisotopic (exact) mass is 477 g/mol. The van der Waals surface area contributed by atoms with Crippen molar-refractivity contribution in [3.63, 3.8) is 0 Å². The Morgan fingerprint density at radius 2 is 1.85 bits per heavy atom. The van der Waals surface area contributed by atoms with Crippen LogP contribution in [0.25, 0.3) is 0 Å². The van der Waals surface area contributed by atoms with Crippen molar-refractivity contribution in [1.82, 2.24) is 15.5 Å². The first kappa shape index (κ1) is 26.9. The standard InChI is InChI=1S/C24H35N3O7/c1-14-12-16(10-11-18(14)28)20(21(30)25-13-19(29)33-6)27(17-8-7-9-17)22(31)15(2)26-23(32)34-24(3,4)5/h10-12,15,17,20,28H,7-9,13H2,1-6H3,(H,25,30)(H,26,32). The average molecular weight is 478 g/mol. The third-order valence-electron chi connectivity index (χ3n) is 5.52. The molecule has 0 heterocycles. The highest BCUT2D eigenvalue weighted by Crippen LogP contribution is 2.34. The molecule has 1 aliphatic rings. The van der Waals surface area contributed by atoms with Crippen LogP contribution < -0.4 is 10.6 Å². The summed E-state index contributed by atoms with van der Waals surface area (Å²) in [6, 6.07) is 2.38. The number of hydrogen-bond acceptors (Lipinski definition) is 7. The fraction of sp³-hybridized carbons (Fsp3) is 0.583. The fourth-order valence-electron chi connectivity index (χ4n) is 3.57. The Labute approximate surface area is 200 Å². The minimum Gasteiger partial charge on any atom is -0.508 e. The second-order valence-electron chi connectivity index (χ2n) is 9.44. The summed E-state index contributed by atoms with van der Waals surface area (Å²) in [6.07, 6.45) is 1.55. The lowest BCUT2D eigenvalue weighted by atomic mass is 9.88. The fourth-order valence-corrected chi connectivity index (χ4v) is 3.57. The summed E-state index contributed by atoms with van der Waals surface area (Å²) in [7, 11) is 1.21. The van der Waals surface area contributed by atoms with Crippen LogP contribution >= 0.6 is 0 Å². The number of nitrogens with one attached hydrogen (secondary N) is 2. The maximum atomic E-state index is 13.6. The van der Waals surface area contributed by atoms with Gasteiger partial charge < -0.3 is 30.1 Å². The second kappa shape index (κ2) is 11.2. The van der Waals surface area contributed by atoms with Gasteiger partial charge in [0.1, 0.15) is 30.0 Å². The van der Waals surface area contributed by atoms with Crippen LogP contribution in [0.4, 0.5) is 4.79 Å². The van der Waals surface area contributed by atoms with Gasteiger partial charge in [-0.1, -0.05) is 6.07 Å². The molecule has 0 spiro atoms. The van der Waals surface area contributed by atoms with Crippen molar-refractivity contribution in [2.75, 3.05) is 13.7 Å². The van der Waals surface area contributed by atoms with Gasteiger partial charge in [0.2, 0.25) is 11.8 Å². The van der Waals surface area contributed by atoms with Gasteiger partial charge in [-0.25, -0.2) is 4.79 Å². The van der Waals surface area contributed by atoms with Crippen LogP contribution in [0, 0.1) is 6.92 Å². The molecule has 1 aromatic carbocycles. The quantitative estimate of drug-likeness (QED) is 0.489. The molecule has 10 heteroatoms. The summed E-state index contributed by atoms with van der Waals surface area (Å²) in [5, 5.41) is 15.0. The molecule has 34 heavy (non-hydrogen) atoms. The molecule has 0 bridgehead atoms. The first-order chi connectivity index (χ1) is 15.8. The summed E-state index contributed by atoms with van der Waals surface area (Å²) in [5.74, 6) is -1.60. The van der Waals surface area contributed by atoms with E-state index in [4.69, 9.17) is 4.74 Å². The Bertz CT molecular complexity index is 922. The number of benzene rings is 1. The van der Waals surface area contributed by atoms with E-state index in [0.717, 1.165) is 6.42 Å². The molecule has 1 aliphatic carbocycles. The number of aromatic hydroxyl groups is 1. The first-order valence-electron chi connectivity index (χ1n) is 11.3. The highest BCUT2D eigenvalue weighted by molar-refractivity contribution is 5.93. The predicted octanol–water partition coefficient (Wildman–Crippen LogP) is 2.33. The Balaban J connectivity index is 2.39. The summed E-state index contributed by atoms with van der Waals surface area (Å²) >= 11 is 0. The molecule has 2 unspecified atom stereocenters. The smallest absolute Gasteiger partial charge is 0.408 e. The number of carbonyl (C=O) groups is 4. The summed E-state index contributed by atoms with van der Waals surface area (Å²) in [6.45, 7) is 8.01. The number of ether oxygens (including phenoxy) is 2. The van der Waals surface area contributed by atoms with Crippen LogP contribution in [0.1, 0.15) is 64.1 Å². The SMILES string of the molecule is COC(=O)CNC(=O)C(c1ccc(O)c(C)c1)N(C(=O)C(C)NC(=O)OC(C)(C)C)C1CCC1. The normalized spacial score (nSPS) is 15.4. The Morgan fingerprint density at radius 3 is 2.35 bits per heavy atom. The molecule has 188 valence electrons. The molecule has 3 N–H and O–H groups in total. The van der Waals surface area contributed by atoms with Crippen LogP contribution in [0.15, 0.2) is 18.2 Å². The number of carbonyl (C=O) groups excluding carboxylic acids is 4. The van der Waals surface area contributed by atoms with Crippen molar-refractivity contribution in [3.05, 3.63) is 29.3 Å². The average Bonchev–Trinajstić information content (AvgIpc) is 2.70. The van der Waals surface area contributed by atoms with E-state index in [1.807, 2.05) is 0 Å². The van der Waals surface area contributed by atoms with Gasteiger partial charge in [0.25, 0.3) is 0 Å². The zero-order valence-corrected chi connectivity index (χ0v) is 20.6. The van der Waals surface area contributed by atoms with E-state index in [0.29, 0.717) is 24.0 Å². The number of esters is 1. The molecule has 0 saturated heterocycles. The highest BCUT2D eigenvalue weighted by Gasteiger charge is 2.41. The van der Waals surface area contributed by atoms with Gasteiger partial charge in [-0.05, 0) is 77.1 Å². The molecule has 2 rings (SSSR count). The molecule has 0 aromatic heterocycles. The van der Waals surface area contributed by atoms with Gasteiger partial charge in [0.15, 0.2) is 0 Å². The molecule has 1 aromatic rings. The molecule has 1 fully saturated rings. The topological polar surface area (TPSA) is 134 Å². The van der Waals surface area contributed by atoms with Crippen molar-refractivity contribution >= 4 is 23.9 Å². The van der Waals surface area contributed by atoms with Gasteiger partial charge >= 0.3 is 12.1 Å². The third kappa shape index (κ3) is 7.10. The zero-order valence-electron chi connectivity index (χ0n) is 20.6. The number of hydrogen-bond donors (Lipinski definition) is 3. The predicted molar refractivity (Wildman–Crippen MR) is 124 cm³/mol. The van der Waals surface area contributed by atoms with Crippen molar-refractivity contribution < 1.29 is 33.8 Å². The highest BCUT2D eigenvalue weighted by atomic mass is 16.6. The van der Waals surface area contributed by atoms with Crippen molar-refractivity contribution in [2.45, 2.75) is 77.6 Å². The van der Waals surface area contributed by atoms with Crippen LogP contribution in [-0.4, -0.2) is 65.2 Å². The number of amides is 3. The Morgan fingerprint density at radius 1 is 1.21 bits per heavy atom. The number of phenols is 1. The lowest BCUT2D eigenvalue weighted by Crippen LogP contribution is -2.57. The van der Waals surface area contributed by atoms with E-state index in [9.17, 15) is 24.3 Å². The molecule has 0 aliphatic heterocycles. The number of alkyl carbamates (subject to hydrolysis) is 1.